The van der Waals surface area contributed by atoms with Crippen LogP contribution in [-0.4, -0.2) is 35.5 Å². The molecule has 0 saturated carbocycles. The van der Waals surface area contributed by atoms with Crippen molar-refractivity contribution in [1.29, 1.82) is 0 Å². The molecule has 32 heavy (non-hydrogen) atoms. The number of amides is 1. The van der Waals surface area contributed by atoms with E-state index in [1.807, 2.05) is 0 Å². The molecule has 5 rings (SSSR count). The summed E-state index contributed by atoms with van der Waals surface area (Å²) in [5, 5.41) is 2.99. The van der Waals surface area contributed by atoms with Crippen LogP contribution in [0.5, 0.6) is 0 Å². The van der Waals surface area contributed by atoms with Gasteiger partial charge >= 0.3 is 0 Å². The SMILES string of the molecule is CN(C(=O)[C@@H]1Cc2c(F)cc(F)cc2N1)[C@@H]1COCc2[nH]c(=O)c3cc(F)c(F)cc3c21. The zero-order chi connectivity index (χ0) is 22.7. The van der Waals surface area contributed by atoms with Gasteiger partial charge in [0.15, 0.2) is 11.6 Å². The Morgan fingerprint density at radius 2 is 1.78 bits per heavy atom. The number of benzene rings is 2. The molecule has 0 unspecified atom stereocenters. The number of H-pyrrole nitrogens is 1. The number of aromatic amines is 1. The van der Waals surface area contributed by atoms with Crippen molar-refractivity contribution in [3.63, 3.8) is 0 Å². The van der Waals surface area contributed by atoms with Crippen molar-refractivity contribution in [2.75, 3.05) is 19.0 Å². The third kappa shape index (κ3) is 3.13. The third-order valence-corrected chi connectivity index (χ3v) is 6.05. The number of halogens is 4. The Morgan fingerprint density at radius 1 is 1.06 bits per heavy atom. The summed E-state index contributed by atoms with van der Waals surface area (Å²) in [6, 6.07) is 2.09. The lowest BCUT2D eigenvalue weighted by molar-refractivity contribution is -0.134. The van der Waals surface area contributed by atoms with Crippen LogP contribution in [0.3, 0.4) is 0 Å². The zero-order valence-electron chi connectivity index (χ0n) is 16.8. The van der Waals surface area contributed by atoms with Crippen molar-refractivity contribution in [2.45, 2.75) is 25.1 Å². The number of fused-ring (bicyclic) bond motifs is 4. The molecule has 2 aliphatic rings. The number of likely N-dealkylation sites (N-methyl/N-ethyl adjacent to an activating group) is 1. The number of rotatable bonds is 2. The van der Waals surface area contributed by atoms with Gasteiger partial charge in [0.05, 0.1) is 24.6 Å². The minimum Gasteiger partial charge on any atom is -0.373 e. The fourth-order valence-electron chi connectivity index (χ4n) is 4.48. The molecule has 3 aromatic rings. The predicted octanol–water partition coefficient (Wildman–Crippen LogP) is 3.15. The van der Waals surface area contributed by atoms with E-state index in [9.17, 15) is 27.2 Å². The van der Waals surface area contributed by atoms with Crippen LogP contribution in [0.4, 0.5) is 23.2 Å². The minimum absolute atomic E-state index is 0.0251. The van der Waals surface area contributed by atoms with Crippen molar-refractivity contribution in [3.05, 3.63) is 74.7 Å². The molecular formula is C22H17F4N3O3. The van der Waals surface area contributed by atoms with Gasteiger partial charge in [0.25, 0.3) is 5.56 Å². The predicted molar refractivity (Wildman–Crippen MR) is 107 cm³/mol. The maximum Gasteiger partial charge on any atom is 0.256 e. The summed E-state index contributed by atoms with van der Waals surface area (Å²) in [6.45, 7) is 0.0910. The minimum atomic E-state index is -1.15. The molecule has 6 nitrogen and oxygen atoms in total. The van der Waals surface area contributed by atoms with Gasteiger partial charge in [-0.05, 0) is 23.6 Å². The Hall–Kier alpha value is -3.40. The normalized spacial score (nSPS) is 19.4. The topological polar surface area (TPSA) is 74.4 Å². The van der Waals surface area contributed by atoms with Gasteiger partial charge in [-0.1, -0.05) is 0 Å². The Kier molecular flexibility index (Phi) is 4.70. The maximum atomic E-state index is 14.1. The molecule has 2 aliphatic heterocycles. The molecule has 166 valence electrons. The van der Waals surface area contributed by atoms with Gasteiger partial charge in [-0.25, -0.2) is 17.6 Å². The van der Waals surface area contributed by atoms with E-state index in [4.69, 9.17) is 4.74 Å². The summed E-state index contributed by atoms with van der Waals surface area (Å²) in [6.07, 6.45) is 0.0251. The fourth-order valence-corrected chi connectivity index (χ4v) is 4.48. The molecule has 0 aliphatic carbocycles. The van der Waals surface area contributed by atoms with Gasteiger partial charge in [-0.3, -0.25) is 9.59 Å². The number of pyridine rings is 1. The lowest BCUT2D eigenvalue weighted by Crippen LogP contribution is -2.44. The molecule has 2 N–H and O–H groups in total. The Balaban J connectivity index is 1.52. The molecule has 0 bridgehead atoms. The highest BCUT2D eigenvalue weighted by Gasteiger charge is 2.36. The summed E-state index contributed by atoms with van der Waals surface area (Å²) < 4.78 is 61.0. The first-order valence-corrected chi connectivity index (χ1v) is 9.87. The van der Waals surface area contributed by atoms with E-state index >= 15 is 0 Å². The molecule has 0 radical (unpaired) electrons. The molecular weight excluding hydrogens is 430 g/mol. The van der Waals surface area contributed by atoms with E-state index in [0.29, 0.717) is 11.3 Å². The van der Waals surface area contributed by atoms with Crippen LogP contribution in [0.2, 0.25) is 0 Å². The molecule has 1 aromatic heterocycles. The molecule has 2 atom stereocenters. The second kappa shape index (κ2) is 7.33. The van der Waals surface area contributed by atoms with Gasteiger partial charge in [0, 0.05) is 42.0 Å². The van der Waals surface area contributed by atoms with Crippen LogP contribution in [0, 0.1) is 23.3 Å². The smallest absolute Gasteiger partial charge is 0.256 e. The zero-order valence-corrected chi connectivity index (χ0v) is 16.8. The van der Waals surface area contributed by atoms with E-state index in [0.717, 1.165) is 24.3 Å². The highest BCUT2D eigenvalue weighted by Crippen LogP contribution is 2.35. The van der Waals surface area contributed by atoms with Crippen LogP contribution in [0.25, 0.3) is 10.8 Å². The number of nitrogens with one attached hydrogen (secondary N) is 2. The van der Waals surface area contributed by atoms with Crippen molar-refractivity contribution in [3.8, 4) is 0 Å². The molecule has 2 aromatic carbocycles. The van der Waals surface area contributed by atoms with Gasteiger partial charge < -0.3 is 19.9 Å². The number of carbonyl (C=O) groups excluding carboxylic acids is 1. The van der Waals surface area contributed by atoms with Gasteiger partial charge in [-0.15, -0.1) is 0 Å². The van der Waals surface area contributed by atoms with Crippen LogP contribution in [0.15, 0.2) is 29.1 Å². The van der Waals surface area contributed by atoms with Crippen LogP contribution >= 0.6 is 0 Å². The standard InChI is InChI=1S/C22H17F4N3O3/c1-29(22(31)17-6-12-13(24)2-9(23)3-16(12)27-17)19-8-32-7-18-20(19)10-4-14(25)15(26)5-11(10)21(30)28-18/h2-5,17,19,27H,6-8H2,1H3,(H,28,30)/t17-,19+/m0/s1. The monoisotopic (exact) mass is 447 g/mol. The first kappa shape index (κ1) is 20.5. The third-order valence-electron chi connectivity index (χ3n) is 6.05. The van der Waals surface area contributed by atoms with Gasteiger partial charge in [0.2, 0.25) is 5.91 Å². The van der Waals surface area contributed by atoms with Crippen molar-refractivity contribution < 1.29 is 27.1 Å². The lowest BCUT2D eigenvalue weighted by Gasteiger charge is -2.35. The summed E-state index contributed by atoms with van der Waals surface area (Å²) in [7, 11) is 1.50. The van der Waals surface area contributed by atoms with E-state index in [1.165, 1.54) is 11.9 Å². The number of nitrogens with zero attached hydrogens (tertiary/aromatic N) is 1. The van der Waals surface area contributed by atoms with Crippen molar-refractivity contribution in [1.82, 2.24) is 9.88 Å². The van der Waals surface area contributed by atoms with E-state index < -0.39 is 46.8 Å². The number of aromatic nitrogens is 1. The molecule has 10 heteroatoms. The number of hydrogen-bond donors (Lipinski definition) is 2. The lowest BCUT2D eigenvalue weighted by atomic mass is 9.95. The summed E-state index contributed by atoms with van der Waals surface area (Å²) in [5.74, 6) is -4.19. The largest absolute Gasteiger partial charge is 0.373 e. The first-order valence-electron chi connectivity index (χ1n) is 9.87. The highest BCUT2D eigenvalue weighted by atomic mass is 19.2. The average Bonchev–Trinajstić information content (AvgIpc) is 3.18. The maximum absolute atomic E-state index is 14.1. The van der Waals surface area contributed by atoms with E-state index in [-0.39, 0.29) is 41.7 Å². The molecule has 0 fully saturated rings. The average molecular weight is 447 g/mol. The fraction of sp³-hybridized carbons (Fsp3) is 0.273. The molecule has 1 amide bonds. The Bertz CT molecular complexity index is 1340. The number of hydrogen-bond acceptors (Lipinski definition) is 4. The Labute approximate surface area is 178 Å². The molecule has 0 spiro atoms. The van der Waals surface area contributed by atoms with E-state index in [1.54, 1.807) is 0 Å². The van der Waals surface area contributed by atoms with Crippen molar-refractivity contribution in [2.24, 2.45) is 0 Å². The summed E-state index contributed by atoms with van der Waals surface area (Å²) in [4.78, 5) is 29.6. The number of ether oxygens (including phenoxy) is 1. The van der Waals surface area contributed by atoms with Crippen LogP contribution in [0.1, 0.15) is 22.9 Å². The second-order valence-corrected chi connectivity index (χ2v) is 7.95. The molecule has 0 saturated heterocycles. The summed E-state index contributed by atoms with van der Waals surface area (Å²) >= 11 is 0. The van der Waals surface area contributed by atoms with Crippen LogP contribution in [-0.2, 0) is 22.6 Å². The van der Waals surface area contributed by atoms with Gasteiger partial charge in [0.1, 0.15) is 17.7 Å². The summed E-state index contributed by atoms with van der Waals surface area (Å²) in [5.41, 5.74) is 0.641. The van der Waals surface area contributed by atoms with E-state index in [2.05, 4.69) is 10.3 Å². The number of carbonyl (C=O) groups is 1. The van der Waals surface area contributed by atoms with Crippen molar-refractivity contribution >= 4 is 22.4 Å². The molecule has 3 heterocycles. The number of anilines is 1. The Morgan fingerprint density at radius 3 is 2.53 bits per heavy atom. The first-order chi connectivity index (χ1) is 15.2. The highest BCUT2D eigenvalue weighted by molar-refractivity contribution is 5.90. The second-order valence-electron chi connectivity index (χ2n) is 7.95. The van der Waals surface area contributed by atoms with Crippen LogP contribution < -0.4 is 10.9 Å². The quantitative estimate of drug-likeness (QED) is 0.592. The van der Waals surface area contributed by atoms with Gasteiger partial charge in [-0.2, -0.15) is 0 Å².